The van der Waals surface area contributed by atoms with E-state index in [0.29, 0.717) is 6.54 Å². The number of ether oxygens (including phenoxy) is 1. The van der Waals surface area contributed by atoms with Crippen molar-refractivity contribution in [3.63, 3.8) is 0 Å². The van der Waals surface area contributed by atoms with Gasteiger partial charge in [-0.3, -0.25) is 0 Å². The summed E-state index contributed by atoms with van der Waals surface area (Å²) in [5, 5.41) is 3.71. The SMILES string of the molecule is CCOC(=O)c1nn(CC)c(N)c1C(F)F. The number of aryl methyl sites for hydroxylation is 1. The number of nitrogen functional groups attached to an aromatic ring is 1. The Hall–Kier alpha value is -1.66. The van der Waals surface area contributed by atoms with Crippen molar-refractivity contribution >= 4 is 11.8 Å². The first kappa shape index (κ1) is 12.4. The third-order valence-corrected chi connectivity index (χ3v) is 2.02. The molecule has 0 radical (unpaired) electrons. The summed E-state index contributed by atoms with van der Waals surface area (Å²) < 4.78 is 31.2. The number of esters is 1. The molecule has 1 heterocycles. The van der Waals surface area contributed by atoms with Gasteiger partial charge in [-0.15, -0.1) is 0 Å². The molecule has 0 spiro atoms. The first-order chi connectivity index (χ1) is 7.52. The standard InChI is InChI=1S/C9H13F2N3O2/c1-3-14-8(12)5(7(10)11)6(13-14)9(15)16-4-2/h7H,3-4,12H2,1-2H3. The molecule has 0 atom stereocenters. The highest BCUT2D eigenvalue weighted by molar-refractivity contribution is 5.90. The van der Waals surface area contributed by atoms with Gasteiger partial charge >= 0.3 is 5.97 Å². The Morgan fingerprint density at radius 1 is 1.56 bits per heavy atom. The fourth-order valence-corrected chi connectivity index (χ4v) is 1.30. The molecule has 0 aliphatic carbocycles. The van der Waals surface area contributed by atoms with Crippen molar-refractivity contribution in [2.24, 2.45) is 0 Å². The second-order valence-electron chi connectivity index (χ2n) is 2.98. The van der Waals surface area contributed by atoms with Gasteiger partial charge in [0, 0.05) is 6.54 Å². The van der Waals surface area contributed by atoms with E-state index in [1.165, 1.54) is 0 Å². The third-order valence-electron chi connectivity index (χ3n) is 2.02. The molecule has 2 N–H and O–H groups in total. The Balaban J connectivity index is 3.21. The Bertz CT molecular complexity index is 390. The molecule has 0 aliphatic rings. The minimum atomic E-state index is -2.85. The van der Waals surface area contributed by atoms with E-state index in [2.05, 4.69) is 9.84 Å². The monoisotopic (exact) mass is 233 g/mol. The van der Waals surface area contributed by atoms with Gasteiger partial charge in [-0.2, -0.15) is 5.10 Å². The molecule has 7 heteroatoms. The van der Waals surface area contributed by atoms with Crippen LogP contribution < -0.4 is 5.73 Å². The van der Waals surface area contributed by atoms with Gasteiger partial charge in [0.15, 0.2) is 5.69 Å². The topological polar surface area (TPSA) is 70.1 Å². The summed E-state index contributed by atoms with van der Waals surface area (Å²) >= 11 is 0. The van der Waals surface area contributed by atoms with Crippen LogP contribution in [-0.2, 0) is 11.3 Å². The molecule has 5 nitrogen and oxygen atoms in total. The van der Waals surface area contributed by atoms with Crippen LogP contribution in [0.3, 0.4) is 0 Å². The zero-order chi connectivity index (χ0) is 12.3. The number of carbonyl (C=O) groups excluding carboxylic acids is 1. The van der Waals surface area contributed by atoms with Gasteiger partial charge in [-0.25, -0.2) is 18.3 Å². The first-order valence-corrected chi connectivity index (χ1v) is 4.84. The molecule has 0 bridgehead atoms. The number of hydrogen-bond acceptors (Lipinski definition) is 4. The van der Waals surface area contributed by atoms with Crippen LogP contribution >= 0.6 is 0 Å². The lowest BCUT2D eigenvalue weighted by Crippen LogP contribution is -2.09. The molecule has 0 saturated carbocycles. The van der Waals surface area contributed by atoms with E-state index in [-0.39, 0.29) is 12.4 Å². The van der Waals surface area contributed by atoms with Crippen molar-refractivity contribution < 1.29 is 18.3 Å². The van der Waals surface area contributed by atoms with Crippen molar-refractivity contribution in [3.8, 4) is 0 Å². The molecule has 90 valence electrons. The van der Waals surface area contributed by atoms with Gasteiger partial charge < -0.3 is 10.5 Å². The molecule has 16 heavy (non-hydrogen) atoms. The molecule has 0 fully saturated rings. The van der Waals surface area contributed by atoms with Crippen LogP contribution in [0.15, 0.2) is 0 Å². The number of aromatic nitrogens is 2. The minimum Gasteiger partial charge on any atom is -0.461 e. The third kappa shape index (κ3) is 2.12. The molecule has 0 amide bonds. The van der Waals surface area contributed by atoms with E-state index in [9.17, 15) is 13.6 Å². The number of halogens is 2. The van der Waals surface area contributed by atoms with Crippen molar-refractivity contribution in [1.82, 2.24) is 9.78 Å². The van der Waals surface area contributed by atoms with Crippen molar-refractivity contribution in [2.75, 3.05) is 12.3 Å². The normalized spacial score (nSPS) is 10.8. The summed E-state index contributed by atoms with van der Waals surface area (Å²) in [5.74, 6) is -1.07. The summed E-state index contributed by atoms with van der Waals surface area (Å²) in [4.78, 5) is 11.4. The molecule has 0 aromatic carbocycles. The van der Waals surface area contributed by atoms with E-state index in [1.54, 1.807) is 13.8 Å². The number of nitrogens with zero attached hydrogens (tertiary/aromatic N) is 2. The first-order valence-electron chi connectivity index (χ1n) is 4.84. The van der Waals surface area contributed by atoms with Crippen LogP contribution in [0.25, 0.3) is 0 Å². The summed E-state index contributed by atoms with van der Waals surface area (Å²) in [6, 6.07) is 0. The van der Waals surface area contributed by atoms with E-state index < -0.39 is 23.7 Å². The summed E-state index contributed by atoms with van der Waals surface area (Å²) in [7, 11) is 0. The molecular formula is C9H13F2N3O2. The van der Waals surface area contributed by atoms with E-state index in [0.717, 1.165) is 4.68 Å². The number of anilines is 1. The van der Waals surface area contributed by atoms with Crippen molar-refractivity contribution in [3.05, 3.63) is 11.3 Å². The van der Waals surface area contributed by atoms with E-state index >= 15 is 0 Å². The van der Waals surface area contributed by atoms with Crippen LogP contribution in [0, 0.1) is 0 Å². The maximum atomic E-state index is 12.7. The zero-order valence-electron chi connectivity index (χ0n) is 9.04. The Morgan fingerprint density at radius 2 is 2.19 bits per heavy atom. The lowest BCUT2D eigenvalue weighted by atomic mass is 10.2. The molecule has 1 aromatic heterocycles. The van der Waals surface area contributed by atoms with Gasteiger partial charge in [0.25, 0.3) is 6.43 Å². The van der Waals surface area contributed by atoms with Crippen LogP contribution in [0.2, 0.25) is 0 Å². The number of nitrogens with two attached hydrogens (primary N) is 1. The highest BCUT2D eigenvalue weighted by atomic mass is 19.3. The Morgan fingerprint density at radius 3 is 2.62 bits per heavy atom. The number of alkyl halides is 2. The fraction of sp³-hybridized carbons (Fsp3) is 0.556. The van der Waals surface area contributed by atoms with Gasteiger partial charge in [-0.05, 0) is 13.8 Å². The molecule has 0 unspecified atom stereocenters. The smallest absolute Gasteiger partial charge is 0.359 e. The average molecular weight is 233 g/mol. The van der Waals surface area contributed by atoms with Crippen molar-refractivity contribution in [2.45, 2.75) is 26.8 Å². The van der Waals surface area contributed by atoms with Crippen LogP contribution in [0.1, 0.15) is 36.3 Å². The quantitative estimate of drug-likeness (QED) is 0.802. The summed E-state index contributed by atoms with van der Waals surface area (Å²) in [6.45, 7) is 3.68. The predicted octanol–water partition coefficient (Wildman–Crippen LogP) is 1.60. The van der Waals surface area contributed by atoms with Gasteiger partial charge in [-0.1, -0.05) is 0 Å². The largest absolute Gasteiger partial charge is 0.461 e. The van der Waals surface area contributed by atoms with Crippen LogP contribution in [-0.4, -0.2) is 22.4 Å². The number of hydrogen-bond donors (Lipinski definition) is 1. The highest BCUT2D eigenvalue weighted by Crippen LogP contribution is 2.28. The second kappa shape index (κ2) is 4.91. The molecule has 0 aliphatic heterocycles. The number of rotatable bonds is 4. The highest BCUT2D eigenvalue weighted by Gasteiger charge is 2.28. The Labute approximate surface area is 91.2 Å². The Kier molecular flexibility index (Phi) is 3.81. The predicted molar refractivity (Wildman–Crippen MR) is 53.2 cm³/mol. The second-order valence-corrected chi connectivity index (χ2v) is 2.98. The van der Waals surface area contributed by atoms with Crippen LogP contribution in [0.4, 0.5) is 14.6 Å². The number of carbonyl (C=O) groups is 1. The average Bonchev–Trinajstić information content (AvgIpc) is 2.55. The van der Waals surface area contributed by atoms with Crippen molar-refractivity contribution in [1.29, 1.82) is 0 Å². The van der Waals surface area contributed by atoms with Gasteiger partial charge in [0.05, 0.1) is 12.2 Å². The van der Waals surface area contributed by atoms with E-state index in [1.807, 2.05) is 0 Å². The zero-order valence-corrected chi connectivity index (χ0v) is 9.04. The van der Waals surface area contributed by atoms with Gasteiger partial charge in [0.1, 0.15) is 5.82 Å². The minimum absolute atomic E-state index is 0.0976. The van der Waals surface area contributed by atoms with Crippen LogP contribution in [0.5, 0.6) is 0 Å². The maximum Gasteiger partial charge on any atom is 0.359 e. The molecule has 0 saturated heterocycles. The maximum absolute atomic E-state index is 12.7. The van der Waals surface area contributed by atoms with Gasteiger partial charge in [0.2, 0.25) is 0 Å². The fourth-order valence-electron chi connectivity index (χ4n) is 1.30. The molecular weight excluding hydrogens is 220 g/mol. The molecule has 1 rings (SSSR count). The lowest BCUT2D eigenvalue weighted by Gasteiger charge is -2.01. The molecule has 1 aromatic rings. The summed E-state index contributed by atoms with van der Waals surface area (Å²) in [6.07, 6.45) is -2.85. The van der Waals surface area contributed by atoms with E-state index in [4.69, 9.17) is 5.73 Å². The lowest BCUT2D eigenvalue weighted by molar-refractivity contribution is 0.0508. The summed E-state index contributed by atoms with van der Waals surface area (Å²) in [5.41, 5.74) is 4.50.